The fraction of sp³-hybridized carbons (Fsp3) is 0.600. The minimum Gasteiger partial charge on any atom is -0.308 e. The summed E-state index contributed by atoms with van der Waals surface area (Å²) in [4.78, 5) is 2.67. The van der Waals surface area contributed by atoms with Gasteiger partial charge in [-0.15, -0.1) is 11.3 Å². The van der Waals surface area contributed by atoms with E-state index in [4.69, 9.17) is 0 Å². The largest absolute Gasteiger partial charge is 0.308 e. The predicted molar refractivity (Wildman–Crippen MR) is 87.3 cm³/mol. The van der Waals surface area contributed by atoms with Crippen LogP contribution in [-0.2, 0) is 0 Å². The van der Waals surface area contributed by atoms with Crippen molar-refractivity contribution < 1.29 is 0 Å². The first-order valence-electron chi connectivity index (χ1n) is 6.40. The van der Waals surface area contributed by atoms with Crippen LogP contribution in [0.5, 0.6) is 0 Å². The van der Waals surface area contributed by atoms with Gasteiger partial charge in [0.25, 0.3) is 0 Å². The maximum Gasteiger partial charge on any atom is 0.0317 e. The minimum absolute atomic E-state index is 0.167. The summed E-state index contributed by atoms with van der Waals surface area (Å²) in [6, 6.07) is 2.21. The second-order valence-corrected chi connectivity index (χ2v) is 8.17. The van der Waals surface area contributed by atoms with Crippen LogP contribution in [0.3, 0.4) is 0 Å². The first-order valence-corrected chi connectivity index (χ1v) is 8.01. The van der Waals surface area contributed by atoms with Gasteiger partial charge in [-0.05, 0) is 61.7 Å². The summed E-state index contributed by atoms with van der Waals surface area (Å²) in [7, 11) is 0. The van der Waals surface area contributed by atoms with Gasteiger partial charge in [0, 0.05) is 26.3 Å². The molecular formula is C15H24BrNS. The average Bonchev–Trinajstić information content (AvgIpc) is 2.51. The molecule has 0 radical (unpaired) electrons. The molecule has 102 valence electrons. The third kappa shape index (κ3) is 5.25. The van der Waals surface area contributed by atoms with Crippen LogP contribution in [0.25, 0.3) is 6.08 Å². The highest BCUT2D eigenvalue weighted by molar-refractivity contribution is 9.10. The minimum atomic E-state index is 0.167. The monoisotopic (exact) mass is 329 g/mol. The van der Waals surface area contributed by atoms with E-state index < -0.39 is 0 Å². The van der Waals surface area contributed by atoms with Gasteiger partial charge in [0.05, 0.1) is 0 Å². The molecule has 0 amide bonds. The molecular weight excluding hydrogens is 306 g/mol. The van der Waals surface area contributed by atoms with Gasteiger partial charge in [-0.2, -0.15) is 0 Å². The quantitative estimate of drug-likeness (QED) is 0.795. The fourth-order valence-corrected chi connectivity index (χ4v) is 3.06. The summed E-state index contributed by atoms with van der Waals surface area (Å²) in [5, 5.41) is 3.57. The van der Waals surface area contributed by atoms with E-state index in [1.165, 1.54) is 19.8 Å². The molecule has 0 aliphatic rings. The molecule has 1 aromatic rings. The van der Waals surface area contributed by atoms with Gasteiger partial charge in [-0.1, -0.05) is 19.4 Å². The van der Waals surface area contributed by atoms with E-state index in [0.29, 0.717) is 5.92 Å². The Morgan fingerprint density at radius 2 is 2.06 bits per heavy atom. The van der Waals surface area contributed by atoms with E-state index in [-0.39, 0.29) is 5.54 Å². The Labute approximate surface area is 124 Å². The maximum absolute atomic E-state index is 3.58. The molecule has 18 heavy (non-hydrogen) atoms. The molecule has 0 spiro atoms. The van der Waals surface area contributed by atoms with E-state index in [0.717, 1.165) is 6.54 Å². The molecule has 3 heteroatoms. The number of aryl methyl sites for hydroxylation is 1. The van der Waals surface area contributed by atoms with Crippen molar-refractivity contribution in [2.45, 2.75) is 47.1 Å². The number of nitrogens with one attached hydrogen (secondary N) is 1. The van der Waals surface area contributed by atoms with E-state index in [1.807, 2.05) is 11.3 Å². The summed E-state index contributed by atoms with van der Waals surface area (Å²) in [6.07, 6.45) is 2.33. The van der Waals surface area contributed by atoms with Crippen molar-refractivity contribution in [3.63, 3.8) is 0 Å². The Bertz CT molecular complexity index is 405. The molecule has 0 bridgehead atoms. The van der Waals surface area contributed by atoms with Crippen LogP contribution in [0.1, 0.15) is 44.4 Å². The first kappa shape index (κ1) is 15.9. The molecule has 0 saturated carbocycles. The first-order chi connectivity index (χ1) is 8.19. The fourth-order valence-electron chi connectivity index (χ4n) is 1.52. The lowest BCUT2D eigenvalue weighted by molar-refractivity contribution is 0.437. The smallest absolute Gasteiger partial charge is 0.0317 e. The van der Waals surface area contributed by atoms with Crippen LogP contribution in [0.2, 0.25) is 0 Å². The highest BCUT2D eigenvalue weighted by Crippen LogP contribution is 2.29. The van der Waals surface area contributed by atoms with E-state index in [1.54, 1.807) is 0 Å². The predicted octanol–water partition coefficient (Wildman–Crippen LogP) is 5.25. The molecule has 1 N–H and O–H groups in total. The van der Waals surface area contributed by atoms with Gasteiger partial charge >= 0.3 is 0 Å². The third-order valence-electron chi connectivity index (χ3n) is 2.77. The van der Waals surface area contributed by atoms with Crippen LogP contribution in [0.15, 0.2) is 16.1 Å². The average molecular weight is 330 g/mol. The summed E-state index contributed by atoms with van der Waals surface area (Å²) in [5.41, 5.74) is 1.62. The number of hydrogen-bond donors (Lipinski definition) is 1. The van der Waals surface area contributed by atoms with Crippen LogP contribution < -0.4 is 5.32 Å². The summed E-state index contributed by atoms with van der Waals surface area (Å²) < 4.78 is 1.21. The third-order valence-corrected chi connectivity index (χ3v) is 4.85. The normalized spacial score (nSPS) is 13.4. The second kappa shape index (κ2) is 6.36. The Hall–Kier alpha value is -0.120. The molecule has 0 unspecified atom stereocenters. The van der Waals surface area contributed by atoms with Gasteiger partial charge in [0.15, 0.2) is 0 Å². The van der Waals surface area contributed by atoms with Crippen LogP contribution in [-0.4, -0.2) is 12.1 Å². The zero-order valence-electron chi connectivity index (χ0n) is 12.2. The molecule has 0 saturated heterocycles. The van der Waals surface area contributed by atoms with E-state index >= 15 is 0 Å². The molecule has 0 atom stereocenters. The number of halogens is 1. The van der Waals surface area contributed by atoms with Crippen molar-refractivity contribution in [3.8, 4) is 0 Å². The van der Waals surface area contributed by atoms with Gasteiger partial charge in [0.2, 0.25) is 0 Å². The summed E-state index contributed by atoms with van der Waals surface area (Å²) in [6.45, 7) is 14.2. The van der Waals surface area contributed by atoms with Crippen LogP contribution in [0.4, 0.5) is 0 Å². The molecule has 1 rings (SSSR count). The Kier molecular flexibility index (Phi) is 5.63. The molecule has 0 aromatic carbocycles. The van der Waals surface area contributed by atoms with Gasteiger partial charge < -0.3 is 5.32 Å². The Balaban J connectivity index is 2.84. The lowest BCUT2D eigenvalue weighted by Crippen LogP contribution is -2.37. The van der Waals surface area contributed by atoms with Crippen molar-refractivity contribution in [1.82, 2.24) is 5.32 Å². The number of rotatable bonds is 4. The standard InChI is InChI=1S/C15H24BrNS/c1-10(2)12(9-17-15(4,5)6)7-13-8-14(16)11(3)18-13/h7-8,10,17H,9H2,1-6H3. The molecule has 1 nitrogen and oxygen atoms in total. The zero-order valence-corrected chi connectivity index (χ0v) is 14.6. The molecule has 0 aliphatic carbocycles. The van der Waals surface area contributed by atoms with Crippen molar-refractivity contribution in [3.05, 3.63) is 25.9 Å². The van der Waals surface area contributed by atoms with Crippen LogP contribution in [0, 0.1) is 12.8 Å². The lowest BCUT2D eigenvalue weighted by Gasteiger charge is -2.23. The van der Waals surface area contributed by atoms with Crippen molar-refractivity contribution in [2.75, 3.05) is 6.54 Å². The SMILES string of the molecule is Cc1sc(C=C(CNC(C)(C)C)C(C)C)cc1Br. The Morgan fingerprint density at radius 1 is 1.44 bits per heavy atom. The van der Waals surface area contributed by atoms with Crippen molar-refractivity contribution >= 4 is 33.3 Å². The highest BCUT2D eigenvalue weighted by atomic mass is 79.9. The summed E-state index contributed by atoms with van der Waals surface area (Å²) in [5.74, 6) is 0.570. The van der Waals surface area contributed by atoms with E-state index in [2.05, 4.69) is 74.9 Å². The van der Waals surface area contributed by atoms with Gasteiger partial charge in [-0.25, -0.2) is 0 Å². The summed E-state index contributed by atoms with van der Waals surface area (Å²) >= 11 is 5.42. The van der Waals surface area contributed by atoms with E-state index in [9.17, 15) is 0 Å². The van der Waals surface area contributed by atoms with Crippen molar-refractivity contribution in [2.24, 2.45) is 5.92 Å². The van der Waals surface area contributed by atoms with Gasteiger partial charge in [0.1, 0.15) is 0 Å². The molecule has 1 aromatic heterocycles. The lowest BCUT2D eigenvalue weighted by atomic mass is 10.0. The maximum atomic E-state index is 3.58. The number of thiophene rings is 1. The van der Waals surface area contributed by atoms with Gasteiger partial charge in [-0.3, -0.25) is 0 Å². The zero-order chi connectivity index (χ0) is 13.9. The molecule has 0 fully saturated rings. The Morgan fingerprint density at radius 3 is 2.44 bits per heavy atom. The molecule has 1 heterocycles. The number of hydrogen-bond acceptors (Lipinski definition) is 2. The highest BCUT2D eigenvalue weighted by Gasteiger charge is 2.12. The van der Waals surface area contributed by atoms with Crippen molar-refractivity contribution in [1.29, 1.82) is 0 Å². The molecule has 0 aliphatic heterocycles. The van der Waals surface area contributed by atoms with Crippen LogP contribution >= 0.6 is 27.3 Å². The second-order valence-electron chi connectivity index (χ2n) is 6.03. The topological polar surface area (TPSA) is 12.0 Å².